The molecule has 3 aromatic rings. The van der Waals surface area contributed by atoms with Crippen LogP contribution in [-0.4, -0.2) is 32.7 Å². The first-order chi connectivity index (χ1) is 21.0. The van der Waals surface area contributed by atoms with Gasteiger partial charge in [0, 0.05) is 31.0 Å². The lowest BCUT2D eigenvalue weighted by Gasteiger charge is -2.34. The van der Waals surface area contributed by atoms with Crippen LogP contribution in [-0.2, 0) is 25.7 Å². The lowest BCUT2D eigenvalue weighted by atomic mass is 9.78. The molecule has 1 fully saturated rings. The molecule has 0 radical (unpaired) electrons. The summed E-state index contributed by atoms with van der Waals surface area (Å²) in [6, 6.07) is 20.3. The van der Waals surface area contributed by atoms with E-state index in [1.165, 1.54) is 71.8 Å². The van der Waals surface area contributed by atoms with E-state index in [2.05, 4.69) is 64.6 Å². The van der Waals surface area contributed by atoms with Crippen LogP contribution in [0, 0.1) is 17.6 Å². The SMILES string of the molecule is C=C(C)NCCN1CCCc2ccc(CCC3CNCCC3c3ccc(CCCCCc4cc(F)ccc4F)cc3)cc21. The number of halogens is 2. The first-order valence-corrected chi connectivity index (χ1v) is 16.5. The predicted octanol–water partition coefficient (Wildman–Crippen LogP) is 8.12. The maximum Gasteiger partial charge on any atom is 0.126 e. The summed E-state index contributed by atoms with van der Waals surface area (Å²) >= 11 is 0. The molecule has 3 nitrogen and oxygen atoms in total. The molecule has 1 saturated heterocycles. The number of hydrogen-bond donors (Lipinski definition) is 2. The number of anilines is 1. The van der Waals surface area contributed by atoms with Gasteiger partial charge in [-0.1, -0.05) is 49.4 Å². The van der Waals surface area contributed by atoms with Gasteiger partial charge in [-0.25, -0.2) is 8.78 Å². The molecule has 0 bridgehead atoms. The van der Waals surface area contributed by atoms with Crippen LogP contribution in [0.3, 0.4) is 0 Å². The number of benzene rings is 3. The van der Waals surface area contributed by atoms with Crippen LogP contribution < -0.4 is 15.5 Å². The molecule has 2 aliphatic heterocycles. The molecule has 230 valence electrons. The van der Waals surface area contributed by atoms with E-state index in [1.807, 2.05) is 6.92 Å². The molecule has 0 spiro atoms. The average Bonchev–Trinajstić information content (AvgIpc) is 3.02. The normalized spacial score (nSPS) is 18.3. The van der Waals surface area contributed by atoms with Gasteiger partial charge in [0.05, 0.1) is 0 Å². The van der Waals surface area contributed by atoms with Crippen molar-refractivity contribution >= 4 is 5.69 Å². The number of hydrogen-bond acceptors (Lipinski definition) is 3. The number of fused-ring (bicyclic) bond motifs is 1. The van der Waals surface area contributed by atoms with Crippen LogP contribution in [0.4, 0.5) is 14.5 Å². The van der Waals surface area contributed by atoms with Gasteiger partial charge in [0.25, 0.3) is 0 Å². The van der Waals surface area contributed by atoms with Crippen LogP contribution in [0.15, 0.2) is 72.9 Å². The van der Waals surface area contributed by atoms with Crippen LogP contribution in [0.25, 0.3) is 0 Å². The van der Waals surface area contributed by atoms with Gasteiger partial charge in [-0.2, -0.15) is 0 Å². The van der Waals surface area contributed by atoms with Crippen molar-refractivity contribution in [3.63, 3.8) is 0 Å². The quantitative estimate of drug-likeness (QED) is 0.187. The molecular weight excluding hydrogens is 536 g/mol. The monoisotopic (exact) mass is 585 g/mol. The third-order valence-corrected chi connectivity index (χ3v) is 9.41. The smallest absolute Gasteiger partial charge is 0.126 e. The first kappa shape index (κ1) is 31.3. The minimum atomic E-state index is -0.360. The molecule has 2 aliphatic rings. The largest absolute Gasteiger partial charge is 0.387 e. The molecule has 2 heterocycles. The number of allylic oxidation sites excluding steroid dienone is 1. The molecule has 3 aromatic carbocycles. The second-order valence-electron chi connectivity index (χ2n) is 12.7. The lowest BCUT2D eigenvalue weighted by molar-refractivity contribution is 0.309. The van der Waals surface area contributed by atoms with E-state index in [0.717, 1.165) is 70.5 Å². The third kappa shape index (κ3) is 8.92. The molecule has 5 heteroatoms. The Morgan fingerprint density at radius 3 is 2.60 bits per heavy atom. The number of aryl methyl sites for hydroxylation is 4. The van der Waals surface area contributed by atoms with Crippen molar-refractivity contribution in [2.45, 2.75) is 77.0 Å². The van der Waals surface area contributed by atoms with E-state index >= 15 is 0 Å². The number of unbranched alkanes of at least 4 members (excludes halogenated alkanes) is 2. The molecule has 0 aromatic heterocycles. The van der Waals surface area contributed by atoms with Crippen molar-refractivity contribution in [3.8, 4) is 0 Å². The lowest BCUT2D eigenvalue weighted by Crippen LogP contribution is -2.36. The van der Waals surface area contributed by atoms with E-state index in [9.17, 15) is 8.78 Å². The minimum Gasteiger partial charge on any atom is -0.387 e. The maximum atomic E-state index is 13.9. The summed E-state index contributed by atoms with van der Waals surface area (Å²) in [7, 11) is 0. The van der Waals surface area contributed by atoms with Crippen LogP contribution in [0.2, 0.25) is 0 Å². The molecule has 43 heavy (non-hydrogen) atoms. The summed E-state index contributed by atoms with van der Waals surface area (Å²) in [5, 5.41) is 7.05. The molecule has 2 N–H and O–H groups in total. The summed E-state index contributed by atoms with van der Waals surface area (Å²) < 4.78 is 27.3. The van der Waals surface area contributed by atoms with Crippen molar-refractivity contribution in [1.82, 2.24) is 10.6 Å². The fourth-order valence-corrected chi connectivity index (χ4v) is 6.99. The topological polar surface area (TPSA) is 27.3 Å². The van der Waals surface area contributed by atoms with Crippen LogP contribution in [0.1, 0.15) is 79.2 Å². The Labute approximate surface area is 257 Å². The van der Waals surface area contributed by atoms with Gasteiger partial charge < -0.3 is 15.5 Å². The molecular formula is C38H49F2N3. The highest BCUT2D eigenvalue weighted by atomic mass is 19.1. The number of nitrogens with zero attached hydrogens (tertiary/aromatic N) is 1. The molecule has 0 saturated carbocycles. The summed E-state index contributed by atoms with van der Waals surface area (Å²) in [4.78, 5) is 2.55. The maximum absolute atomic E-state index is 13.9. The highest BCUT2D eigenvalue weighted by Crippen LogP contribution is 2.35. The van der Waals surface area contributed by atoms with Gasteiger partial charge in [-0.3, -0.25) is 0 Å². The predicted molar refractivity (Wildman–Crippen MR) is 176 cm³/mol. The molecule has 0 amide bonds. The second kappa shape index (κ2) is 15.5. The Kier molecular flexibility index (Phi) is 11.3. The highest BCUT2D eigenvalue weighted by molar-refractivity contribution is 5.57. The van der Waals surface area contributed by atoms with Crippen molar-refractivity contribution < 1.29 is 8.78 Å². The zero-order valence-corrected chi connectivity index (χ0v) is 25.9. The van der Waals surface area contributed by atoms with Gasteiger partial charge in [0.2, 0.25) is 0 Å². The molecule has 2 unspecified atom stereocenters. The van der Waals surface area contributed by atoms with E-state index in [0.29, 0.717) is 23.8 Å². The van der Waals surface area contributed by atoms with Gasteiger partial charge in [0.1, 0.15) is 11.6 Å². The Balaban J connectivity index is 1.11. The van der Waals surface area contributed by atoms with Gasteiger partial charge in [-0.05, 0) is 142 Å². The van der Waals surface area contributed by atoms with E-state index < -0.39 is 0 Å². The fourth-order valence-electron chi connectivity index (χ4n) is 6.99. The zero-order valence-electron chi connectivity index (χ0n) is 25.9. The second-order valence-corrected chi connectivity index (χ2v) is 12.7. The Morgan fingerprint density at radius 2 is 1.77 bits per heavy atom. The number of nitrogens with one attached hydrogen (secondary N) is 2. The summed E-state index contributed by atoms with van der Waals surface area (Å²) in [5.74, 6) is 0.569. The van der Waals surface area contributed by atoms with E-state index in [4.69, 9.17) is 0 Å². The van der Waals surface area contributed by atoms with Crippen LogP contribution >= 0.6 is 0 Å². The molecule has 0 aliphatic carbocycles. The summed E-state index contributed by atoms with van der Waals surface area (Å²) in [5.41, 5.74) is 8.73. The standard InChI is InChI=1S/C38H49F2N3/c1-28(2)42-22-24-43-23-6-9-32-16-12-30(25-38(32)43)13-17-34-27-41-21-20-36(34)31-14-10-29(11-15-31)7-4-3-5-8-33-26-35(39)18-19-37(33)40/h10-12,14-16,18-19,25-26,34,36,41-42H,1,3-9,13,17,20-24,27H2,2H3. The van der Waals surface area contributed by atoms with Crippen molar-refractivity contribution in [3.05, 3.63) is 112 Å². The Morgan fingerprint density at radius 1 is 0.953 bits per heavy atom. The van der Waals surface area contributed by atoms with E-state index in [1.54, 1.807) is 0 Å². The number of piperidine rings is 1. The summed E-state index contributed by atoms with van der Waals surface area (Å²) in [6.07, 6.45) is 10.5. The van der Waals surface area contributed by atoms with E-state index in [-0.39, 0.29) is 11.6 Å². The minimum absolute atomic E-state index is 0.301. The van der Waals surface area contributed by atoms with Crippen molar-refractivity contribution in [1.29, 1.82) is 0 Å². The highest BCUT2D eigenvalue weighted by Gasteiger charge is 2.26. The Hall–Kier alpha value is -3.18. The van der Waals surface area contributed by atoms with Gasteiger partial charge in [-0.15, -0.1) is 0 Å². The van der Waals surface area contributed by atoms with Crippen LogP contribution in [0.5, 0.6) is 0 Å². The van der Waals surface area contributed by atoms with Crippen molar-refractivity contribution in [2.24, 2.45) is 5.92 Å². The summed E-state index contributed by atoms with van der Waals surface area (Å²) in [6.45, 7) is 11.3. The zero-order chi connectivity index (χ0) is 30.0. The molecule has 2 atom stereocenters. The first-order valence-electron chi connectivity index (χ1n) is 16.5. The van der Waals surface area contributed by atoms with Gasteiger partial charge in [0.15, 0.2) is 0 Å². The van der Waals surface area contributed by atoms with Crippen molar-refractivity contribution in [2.75, 3.05) is 37.6 Å². The Bertz CT molecular complexity index is 1340. The average molecular weight is 586 g/mol. The number of rotatable bonds is 14. The third-order valence-electron chi connectivity index (χ3n) is 9.41. The van der Waals surface area contributed by atoms with Gasteiger partial charge >= 0.3 is 0 Å². The molecule has 5 rings (SSSR count). The fraction of sp³-hybridized carbons (Fsp3) is 0.474.